The van der Waals surface area contributed by atoms with Gasteiger partial charge in [0.25, 0.3) is 6.43 Å². The van der Waals surface area contributed by atoms with E-state index in [0.717, 1.165) is 12.0 Å². The van der Waals surface area contributed by atoms with Crippen molar-refractivity contribution in [2.24, 2.45) is 0 Å². The second kappa shape index (κ2) is 7.35. The molecule has 0 saturated carbocycles. The number of nitrogens with one attached hydrogen (secondary N) is 1. The van der Waals surface area contributed by atoms with Crippen LogP contribution in [0.4, 0.5) is 8.78 Å². The predicted molar refractivity (Wildman–Crippen MR) is 64.4 cm³/mol. The van der Waals surface area contributed by atoms with Crippen molar-refractivity contribution in [2.45, 2.75) is 25.8 Å². The Labute approximate surface area is 101 Å². The Kier molecular flexibility index (Phi) is 6.08. The Bertz CT molecular complexity index is 314. The van der Waals surface area contributed by atoms with Crippen molar-refractivity contribution < 1.29 is 13.5 Å². The van der Waals surface area contributed by atoms with Crippen molar-refractivity contribution >= 4 is 0 Å². The van der Waals surface area contributed by atoms with Crippen molar-refractivity contribution in [1.29, 1.82) is 0 Å². The van der Waals surface area contributed by atoms with Crippen LogP contribution >= 0.6 is 0 Å². The average molecular weight is 243 g/mol. The highest BCUT2D eigenvalue weighted by atomic mass is 19.3. The maximum atomic E-state index is 11.9. The van der Waals surface area contributed by atoms with Crippen LogP contribution in [0, 0.1) is 0 Å². The molecular weight excluding hydrogens is 224 g/mol. The van der Waals surface area contributed by atoms with E-state index in [4.69, 9.17) is 4.74 Å². The molecule has 0 amide bonds. The lowest BCUT2D eigenvalue weighted by molar-refractivity contribution is 0.00985. The number of aryl methyl sites for hydroxylation is 1. The zero-order valence-corrected chi connectivity index (χ0v) is 10.2. The van der Waals surface area contributed by atoms with E-state index in [1.807, 2.05) is 24.3 Å². The molecule has 96 valence electrons. The molecule has 2 nitrogen and oxygen atoms in total. The summed E-state index contributed by atoms with van der Waals surface area (Å²) in [6, 6.07) is 8.07. The van der Waals surface area contributed by atoms with Crippen molar-refractivity contribution in [3.05, 3.63) is 35.4 Å². The molecule has 0 spiro atoms. The maximum Gasteiger partial charge on any atom is 0.261 e. The van der Waals surface area contributed by atoms with E-state index in [1.165, 1.54) is 5.56 Å². The third kappa shape index (κ3) is 4.79. The quantitative estimate of drug-likeness (QED) is 0.795. The molecule has 0 saturated heterocycles. The van der Waals surface area contributed by atoms with Crippen LogP contribution in [0.5, 0.6) is 0 Å². The summed E-state index contributed by atoms with van der Waals surface area (Å²) in [4.78, 5) is 0. The van der Waals surface area contributed by atoms with E-state index in [1.54, 1.807) is 7.05 Å². The van der Waals surface area contributed by atoms with E-state index in [-0.39, 0.29) is 12.6 Å². The lowest BCUT2D eigenvalue weighted by atomic mass is 10.0. The molecule has 0 heterocycles. The predicted octanol–water partition coefficient (Wildman–Crippen LogP) is 2.79. The summed E-state index contributed by atoms with van der Waals surface area (Å²) in [6.07, 6.45) is -1.41. The minimum atomic E-state index is -2.41. The first-order valence-electron chi connectivity index (χ1n) is 5.79. The summed E-state index contributed by atoms with van der Waals surface area (Å²) in [6.45, 7) is 1.84. The fourth-order valence-electron chi connectivity index (χ4n) is 1.61. The Hall–Kier alpha value is -1.00. The maximum absolute atomic E-state index is 11.9. The molecule has 1 aromatic carbocycles. The fourth-order valence-corrected chi connectivity index (χ4v) is 1.61. The van der Waals surface area contributed by atoms with Crippen molar-refractivity contribution in [2.75, 3.05) is 20.3 Å². The van der Waals surface area contributed by atoms with Crippen LogP contribution in [0.15, 0.2) is 24.3 Å². The monoisotopic (exact) mass is 243 g/mol. The first-order valence-corrected chi connectivity index (χ1v) is 5.79. The van der Waals surface area contributed by atoms with Crippen LogP contribution in [-0.4, -0.2) is 26.7 Å². The summed E-state index contributed by atoms with van der Waals surface area (Å²) in [7, 11) is 1.80. The van der Waals surface area contributed by atoms with E-state index >= 15 is 0 Å². The number of alkyl halides is 2. The molecule has 1 N–H and O–H groups in total. The molecule has 17 heavy (non-hydrogen) atoms. The van der Waals surface area contributed by atoms with Gasteiger partial charge in [0, 0.05) is 0 Å². The summed E-state index contributed by atoms with van der Waals surface area (Å²) < 4.78 is 28.8. The van der Waals surface area contributed by atoms with Crippen molar-refractivity contribution in [3.63, 3.8) is 0 Å². The minimum Gasteiger partial charge on any atom is -0.374 e. The standard InChI is InChI=1S/C13H19F2NO/c1-3-10-4-6-11(7-5-10)12(16-2)8-17-9-13(14)15/h4-7,12-13,16H,3,8-9H2,1-2H3. The van der Waals surface area contributed by atoms with Gasteiger partial charge in [-0.15, -0.1) is 0 Å². The van der Waals surface area contributed by atoms with E-state index in [9.17, 15) is 8.78 Å². The Morgan fingerprint density at radius 3 is 2.29 bits per heavy atom. The third-order valence-corrected chi connectivity index (χ3v) is 2.67. The molecular formula is C13H19F2NO. The largest absolute Gasteiger partial charge is 0.374 e. The lowest BCUT2D eigenvalue weighted by Crippen LogP contribution is -2.23. The molecule has 1 atom stereocenters. The van der Waals surface area contributed by atoms with Gasteiger partial charge in [0.2, 0.25) is 0 Å². The van der Waals surface area contributed by atoms with Gasteiger partial charge < -0.3 is 10.1 Å². The molecule has 0 aromatic heterocycles. The average Bonchev–Trinajstić information content (AvgIpc) is 2.34. The van der Waals surface area contributed by atoms with Gasteiger partial charge in [-0.1, -0.05) is 31.2 Å². The number of hydrogen-bond acceptors (Lipinski definition) is 2. The Balaban J connectivity index is 2.53. The summed E-state index contributed by atoms with van der Waals surface area (Å²) in [5.74, 6) is 0. The van der Waals surface area contributed by atoms with Gasteiger partial charge in [0.15, 0.2) is 0 Å². The van der Waals surface area contributed by atoms with Crippen LogP contribution in [-0.2, 0) is 11.2 Å². The van der Waals surface area contributed by atoms with Crippen LogP contribution < -0.4 is 5.32 Å². The zero-order valence-electron chi connectivity index (χ0n) is 10.2. The first-order chi connectivity index (χ1) is 8.17. The van der Waals surface area contributed by atoms with Crippen LogP contribution in [0.3, 0.4) is 0 Å². The smallest absolute Gasteiger partial charge is 0.261 e. The van der Waals surface area contributed by atoms with Gasteiger partial charge in [-0.05, 0) is 24.6 Å². The molecule has 0 aliphatic heterocycles. The molecule has 0 radical (unpaired) electrons. The van der Waals surface area contributed by atoms with Gasteiger partial charge in [-0.2, -0.15) is 0 Å². The van der Waals surface area contributed by atoms with Crippen molar-refractivity contribution in [3.8, 4) is 0 Å². The van der Waals surface area contributed by atoms with Gasteiger partial charge in [0.1, 0.15) is 6.61 Å². The molecule has 0 aliphatic carbocycles. The van der Waals surface area contributed by atoms with E-state index in [0.29, 0.717) is 0 Å². The summed E-state index contributed by atoms with van der Waals surface area (Å²) in [5, 5.41) is 3.06. The zero-order chi connectivity index (χ0) is 12.7. The lowest BCUT2D eigenvalue weighted by Gasteiger charge is -2.17. The number of ether oxygens (including phenoxy) is 1. The van der Waals surface area contributed by atoms with Crippen LogP contribution in [0.25, 0.3) is 0 Å². The number of benzene rings is 1. The Morgan fingerprint density at radius 2 is 1.82 bits per heavy atom. The molecule has 1 rings (SSSR count). The van der Waals surface area contributed by atoms with E-state index < -0.39 is 13.0 Å². The number of halogens is 2. The van der Waals surface area contributed by atoms with Gasteiger partial charge in [0.05, 0.1) is 12.6 Å². The Morgan fingerprint density at radius 1 is 1.18 bits per heavy atom. The van der Waals surface area contributed by atoms with E-state index in [2.05, 4.69) is 12.2 Å². The highest BCUT2D eigenvalue weighted by Crippen LogP contribution is 2.14. The van der Waals surface area contributed by atoms with Gasteiger partial charge in [-0.25, -0.2) is 8.78 Å². The molecule has 1 aromatic rings. The molecule has 0 aliphatic rings. The number of rotatable bonds is 7. The van der Waals surface area contributed by atoms with Gasteiger partial charge >= 0.3 is 0 Å². The second-order valence-electron chi connectivity index (χ2n) is 3.86. The number of hydrogen-bond donors (Lipinski definition) is 1. The highest BCUT2D eigenvalue weighted by molar-refractivity contribution is 5.25. The molecule has 0 bridgehead atoms. The minimum absolute atomic E-state index is 0.0420. The molecule has 1 unspecified atom stereocenters. The normalized spacial score (nSPS) is 13.0. The SMILES string of the molecule is CCc1ccc(C(COCC(F)F)NC)cc1. The third-order valence-electron chi connectivity index (χ3n) is 2.67. The highest BCUT2D eigenvalue weighted by Gasteiger charge is 2.10. The van der Waals surface area contributed by atoms with Crippen molar-refractivity contribution in [1.82, 2.24) is 5.32 Å². The molecule has 4 heteroatoms. The fraction of sp³-hybridized carbons (Fsp3) is 0.538. The summed E-state index contributed by atoms with van der Waals surface area (Å²) >= 11 is 0. The topological polar surface area (TPSA) is 21.3 Å². The first kappa shape index (κ1) is 14.1. The number of likely N-dealkylation sites (N-methyl/N-ethyl adjacent to an activating group) is 1. The van der Waals surface area contributed by atoms with Crippen LogP contribution in [0.1, 0.15) is 24.1 Å². The second-order valence-corrected chi connectivity index (χ2v) is 3.86. The van der Waals surface area contributed by atoms with Gasteiger partial charge in [-0.3, -0.25) is 0 Å². The summed E-state index contributed by atoms with van der Waals surface area (Å²) in [5.41, 5.74) is 2.32. The van der Waals surface area contributed by atoms with Crippen LogP contribution in [0.2, 0.25) is 0 Å². The molecule has 0 fully saturated rings.